The zero-order chi connectivity index (χ0) is 11.3. The lowest BCUT2D eigenvalue weighted by atomic mass is 10.1. The van der Waals surface area contributed by atoms with Crippen LogP contribution >= 0.6 is 0 Å². The molecule has 0 aliphatic carbocycles. The van der Waals surface area contributed by atoms with Crippen LogP contribution < -0.4 is 5.32 Å². The molecule has 4 heteroatoms. The molecule has 1 aromatic carbocycles. The summed E-state index contributed by atoms with van der Waals surface area (Å²) in [6, 6.07) is 6.98. The maximum atomic E-state index is 11.2. The minimum absolute atomic E-state index is 0.0539. The molecule has 1 atom stereocenters. The van der Waals surface area contributed by atoms with Gasteiger partial charge in [0.1, 0.15) is 0 Å². The largest absolute Gasteiger partial charge is 0.351 e. The molecule has 0 aliphatic rings. The lowest BCUT2D eigenvalue weighted by molar-refractivity contribution is -0.0730. The van der Waals surface area contributed by atoms with E-state index < -0.39 is 6.41 Å². The lowest BCUT2D eigenvalue weighted by Crippen LogP contribution is -2.23. The van der Waals surface area contributed by atoms with Crippen molar-refractivity contribution in [1.82, 2.24) is 0 Å². The van der Waals surface area contributed by atoms with Crippen LogP contribution in [-0.2, 0) is 4.74 Å². The Balaban J connectivity index is 2.79. The van der Waals surface area contributed by atoms with E-state index in [9.17, 15) is 9.90 Å². The molecule has 0 aliphatic heterocycles. The molecule has 0 amide bonds. The monoisotopic (exact) mass is 209 g/mol. The highest BCUT2D eigenvalue weighted by atomic mass is 16.6. The number of hydrogen-bond donors (Lipinski definition) is 2. The van der Waals surface area contributed by atoms with Gasteiger partial charge in [-0.1, -0.05) is 12.1 Å². The van der Waals surface area contributed by atoms with Crippen LogP contribution in [0.4, 0.5) is 5.69 Å². The van der Waals surface area contributed by atoms with Gasteiger partial charge in [0.2, 0.25) is 6.41 Å². The summed E-state index contributed by atoms with van der Waals surface area (Å²) in [4.78, 5) is 11.2. The number of rotatable bonds is 5. The van der Waals surface area contributed by atoms with Crippen LogP contribution in [0.1, 0.15) is 24.2 Å². The van der Waals surface area contributed by atoms with Crippen molar-refractivity contribution >= 4 is 11.5 Å². The number of ether oxygens (including phenoxy) is 1. The Morgan fingerprint density at radius 3 is 2.80 bits per heavy atom. The highest BCUT2D eigenvalue weighted by Gasteiger charge is 2.09. The van der Waals surface area contributed by atoms with Crippen molar-refractivity contribution in [2.24, 2.45) is 0 Å². The predicted octanol–water partition coefficient (Wildman–Crippen LogP) is 1.61. The molecular formula is C11H15NO3. The van der Waals surface area contributed by atoms with E-state index in [1.54, 1.807) is 31.2 Å². The van der Waals surface area contributed by atoms with Gasteiger partial charge in [-0.15, -0.1) is 0 Å². The first kappa shape index (κ1) is 11.7. The predicted molar refractivity (Wildman–Crippen MR) is 57.7 cm³/mol. The Labute approximate surface area is 88.9 Å². The molecule has 0 bridgehead atoms. The third-order valence-corrected chi connectivity index (χ3v) is 1.91. The number of aliphatic hydroxyl groups excluding tert-OH is 1. The Bertz CT molecular complexity index is 338. The van der Waals surface area contributed by atoms with Crippen LogP contribution in [0, 0.1) is 0 Å². The van der Waals surface area contributed by atoms with Gasteiger partial charge in [-0.3, -0.25) is 4.79 Å². The van der Waals surface area contributed by atoms with Gasteiger partial charge in [0.15, 0.2) is 5.78 Å². The number of hydrogen-bond acceptors (Lipinski definition) is 4. The Morgan fingerprint density at radius 2 is 2.20 bits per heavy atom. The van der Waals surface area contributed by atoms with E-state index in [1.807, 2.05) is 0 Å². The summed E-state index contributed by atoms with van der Waals surface area (Å²) in [5.74, 6) is -0.0539. The van der Waals surface area contributed by atoms with Crippen molar-refractivity contribution in [3.8, 4) is 0 Å². The summed E-state index contributed by atoms with van der Waals surface area (Å²) in [5.41, 5.74) is 1.11. The third-order valence-electron chi connectivity index (χ3n) is 1.91. The van der Waals surface area contributed by atoms with Gasteiger partial charge in [-0.2, -0.15) is 0 Å². The average molecular weight is 209 g/mol. The molecule has 0 fully saturated rings. The second-order valence-corrected chi connectivity index (χ2v) is 3.05. The molecule has 1 rings (SSSR count). The van der Waals surface area contributed by atoms with E-state index in [2.05, 4.69) is 5.32 Å². The Morgan fingerprint density at radius 1 is 1.53 bits per heavy atom. The summed E-state index contributed by atoms with van der Waals surface area (Å²) in [6.45, 7) is 3.66. The molecule has 0 saturated heterocycles. The second kappa shape index (κ2) is 5.48. The van der Waals surface area contributed by atoms with Crippen molar-refractivity contribution in [3.05, 3.63) is 29.8 Å². The van der Waals surface area contributed by atoms with Gasteiger partial charge in [0.25, 0.3) is 0 Å². The van der Waals surface area contributed by atoms with Gasteiger partial charge >= 0.3 is 0 Å². The highest BCUT2D eigenvalue weighted by molar-refractivity contribution is 5.99. The summed E-state index contributed by atoms with van der Waals surface area (Å²) in [5, 5.41) is 12.1. The molecule has 1 unspecified atom stereocenters. The molecule has 0 saturated carbocycles. The van der Waals surface area contributed by atoms with Crippen molar-refractivity contribution in [2.75, 3.05) is 11.9 Å². The van der Waals surface area contributed by atoms with E-state index in [0.29, 0.717) is 17.9 Å². The molecule has 15 heavy (non-hydrogen) atoms. The molecule has 82 valence electrons. The Hall–Kier alpha value is -1.39. The van der Waals surface area contributed by atoms with Crippen molar-refractivity contribution in [3.63, 3.8) is 0 Å². The summed E-state index contributed by atoms with van der Waals surface area (Å²) < 4.78 is 4.91. The zero-order valence-electron chi connectivity index (χ0n) is 8.86. The van der Waals surface area contributed by atoms with Crippen LogP contribution in [0.25, 0.3) is 0 Å². The quantitative estimate of drug-likeness (QED) is 0.571. The Kier molecular flexibility index (Phi) is 4.27. The van der Waals surface area contributed by atoms with Crippen LogP contribution in [-0.4, -0.2) is 23.9 Å². The molecule has 0 aromatic heterocycles. The normalized spacial score (nSPS) is 12.2. The summed E-state index contributed by atoms with van der Waals surface area (Å²) >= 11 is 0. The smallest absolute Gasteiger partial charge is 0.235 e. The first-order chi connectivity index (χ1) is 7.15. The molecule has 0 spiro atoms. The number of carbonyl (C=O) groups excluding carboxylic acids is 1. The number of Topliss-reactive ketones (excluding diaryl/α,β-unsaturated/α-hetero) is 1. The van der Waals surface area contributed by atoms with Crippen LogP contribution in [0.15, 0.2) is 24.3 Å². The maximum Gasteiger partial charge on any atom is 0.235 e. The molecule has 4 nitrogen and oxygen atoms in total. The van der Waals surface area contributed by atoms with Gasteiger partial charge < -0.3 is 15.2 Å². The minimum atomic E-state index is -1.09. The number of para-hydroxylation sites is 1. The standard InChI is InChI=1S/C11H15NO3/c1-3-15-11(14)12-10-7-5-4-6-9(10)8(2)13/h4-7,11-12,14H,3H2,1-2H3. The van der Waals surface area contributed by atoms with E-state index in [4.69, 9.17) is 4.74 Å². The maximum absolute atomic E-state index is 11.2. The molecule has 1 aromatic rings. The molecule has 0 radical (unpaired) electrons. The van der Waals surface area contributed by atoms with Crippen molar-refractivity contribution in [2.45, 2.75) is 20.3 Å². The van der Waals surface area contributed by atoms with Crippen LogP contribution in [0.2, 0.25) is 0 Å². The first-order valence-electron chi connectivity index (χ1n) is 4.81. The number of nitrogens with one attached hydrogen (secondary N) is 1. The van der Waals surface area contributed by atoms with Gasteiger partial charge in [0, 0.05) is 17.9 Å². The average Bonchev–Trinajstić information content (AvgIpc) is 2.18. The fraction of sp³-hybridized carbons (Fsp3) is 0.364. The van der Waals surface area contributed by atoms with Crippen molar-refractivity contribution in [1.29, 1.82) is 0 Å². The molecule has 0 heterocycles. The second-order valence-electron chi connectivity index (χ2n) is 3.05. The number of benzene rings is 1. The fourth-order valence-electron chi connectivity index (χ4n) is 1.25. The van der Waals surface area contributed by atoms with Gasteiger partial charge in [-0.05, 0) is 26.0 Å². The minimum Gasteiger partial charge on any atom is -0.351 e. The van der Waals surface area contributed by atoms with Gasteiger partial charge in [-0.25, -0.2) is 0 Å². The fourth-order valence-corrected chi connectivity index (χ4v) is 1.25. The third kappa shape index (κ3) is 3.34. The number of aliphatic hydroxyl groups is 1. The number of carbonyl (C=O) groups is 1. The topological polar surface area (TPSA) is 58.6 Å². The summed E-state index contributed by atoms with van der Waals surface area (Å²) in [6.07, 6.45) is -1.09. The van der Waals surface area contributed by atoms with Crippen LogP contribution in [0.5, 0.6) is 0 Å². The van der Waals surface area contributed by atoms with Crippen molar-refractivity contribution < 1.29 is 14.6 Å². The lowest BCUT2D eigenvalue weighted by Gasteiger charge is -2.15. The van der Waals surface area contributed by atoms with Crippen LogP contribution in [0.3, 0.4) is 0 Å². The van der Waals surface area contributed by atoms with E-state index >= 15 is 0 Å². The number of ketones is 1. The van der Waals surface area contributed by atoms with E-state index in [-0.39, 0.29) is 5.78 Å². The molecular weight excluding hydrogens is 194 g/mol. The SMILES string of the molecule is CCOC(O)Nc1ccccc1C(C)=O. The van der Waals surface area contributed by atoms with Gasteiger partial charge in [0.05, 0.1) is 0 Å². The highest BCUT2D eigenvalue weighted by Crippen LogP contribution is 2.16. The van der Waals surface area contributed by atoms with E-state index in [1.165, 1.54) is 6.92 Å². The summed E-state index contributed by atoms with van der Waals surface area (Å²) in [7, 11) is 0. The molecule has 2 N–H and O–H groups in total. The van der Waals surface area contributed by atoms with E-state index in [0.717, 1.165) is 0 Å². The zero-order valence-corrected chi connectivity index (χ0v) is 8.86. The number of anilines is 1. The first-order valence-corrected chi connectivity index (χ1v) is 4.81.